The Bertz CT molecular complexity index is 892. The molecule has 0 aliphatic rings. The second-order valence-electron chi connectivity index (χ2n) is 5.25. The molecular weight excluding hydrogens is 384 g/mol. The van der Waals surface area contributed by atoms with Gasteiger partial charge in [-0.2, -0.15) is 0 Å². The smallest absolute Gasteiger partial charge is 0.258 e. The molecule has 0 atom stereocenters. The standard InChI is InChI=1S/C17H14ClF2N3O4/c18-9-1-3-11(17(21)26)14(5-9)27-8-16(25)22-7-15(24)23-10-2-4-12(19)13(20)6-10/h1-6H,7-8H2,(H2,21,26)(H,22,25)(H,23,24). The maximum atomic E-state index is 13.1. The quantitative estimate of drug-likeness (QED) is 0.662. The van der Waals surface area contributed by atoms with Crippen LogP contribution in [0.2, 0.25) is 5.02 Å². The van der Waals surface area contributed by atoms with Gasteiger partial charge in [0.15, 0.2) is 18.2 Å². The highest BCUT2D eigenvalue weighted by Gasteiger charge is 2.13. The van der Waals surface area contributed by atoms with Crippen molar-refractivity contribution in [1.29, 1.82) is 0 Å². The lowest BCUT2D eigenvalue weighted by Crippen LogP contribution is -2.36. The second kappa shape index (κ2) is 8.95. The molecule has 4 N–H and O–H groups in total. The van der Waals surface area contributed by atoms with Gasteiger partial charge < -0.3 is 21.1 Å². The van der Waals surface area contributed by atoms with Crippen molar-refractivity contribution in [3.8, 4) is 5.75 Å². The summed E-state index contributed by atoms with van der Waals surface area (Å²) in [4.78, 5) is 34.8. The summed E-state index contributed by atoms with van der Waals surface area (Å²) in [5.41, 5.74) is 5.28. The number of primary amides is 1. The topological polar surface area (TPSA) is 111 Å². The molecule has 0 saturated heterocycles. The van der Waals surface area contributed by atoms with E-state index in [4.69, 9.17) is 22.1 Å². The lowest BCUT2D eigenvalue weighted by Gasteiger charge is -2.10. The summed E-state index contributed by atoms with van der Waals surface area (Å²) in [7, 11) is 0. The highest BCUT2D eigenvalue weighted by molar-refractivity contribution is 6.30. The molecule has 0 aliphatic heterocycles. The molecule has 3 amide bonds. The van der Waals surface area contributed by atoms with Gasteiger partial charge in [0, 0.05) is 16.8 Å². The summed E-state index contributed by atoms with van der Waals surface area (Å²) in [5.74, 6) is -4.21. The molecule has 142 valence electrons. The first-order valence-corrected chi connectivity index (χ1v) is 7.88. The maximum Gasteiger partial charge on any atom is 0.258 e. The number of rotatable bonds is 7. The molecule has 10 heteroatoms. The highest BCUT2D eigenvalue weighted by atomic mass is 35.5. The van der Waals surface area contributed by atoms with Crippen molar-refractivity contribution in [1.82, 2.24) is 5.32 Å². The number of carbonyl (C=O) groups is 3. The first-order chi connectivity index (χ1) is 12.8. The minimum absolute atomic E-state index is 0.0244. The van der Waals surface area contributed by atoms with Crippen molar-refractivity contribution >= 4 is 35.0 Å². The number of benzene rings is 2. The van der Waals surface area contributed by atoms with Gasteiger partial charge in [0.1, 0.15) is 5.75 Å². The van der Waals surface area contributed by atoms with Crippen LogP contribution in [0, 0.1) is 11.6 Å². The number of amides is 3. The number of hydrogen-bond acceptors (Lipinski definition) is 4. The molecule has 0 saturated carbocycles. The molecule has 0 heterocycles. The van der Waals surface area contributed by atoms with Gasteiger partial charge in [-0.15, -0.1) is 0 Å². The van der Waals surface area contributed by atoms with Crippen LogP contribution in [-0.2, 0) is 9.59 Å². The summed E-state index contributed by atoms with van der Waals surface area (Å²) in [6, 6.07) is 6.96. The van der Waals surface area contributed by atoms with Crippen molar-refractivity contribution in [3.63, 3.8) is 0 Å². The van der Waals surface area contributed by atoms with Gasteiger partial charge in [-0.3, -0.25) is 14.4 Å². The average Bonchev–Trinajstić information content (AvgIpc) is 2.61. The van der Waals surface area contributed by atoms with Gasteiger partial charge in [-0.25, -0.2) is 8.78 Å². The Morgan fingerprint density at radius 3 is 2.44 bits per heavy atom. The molecule has 0 spiro atoms. The van der Waals surface area contributed by atoms with E-state index in [1.54, 1.807) is 0 Å². The predicted octanol–water partition coefficient (Wildman–Crippen LogP) is 1.85. The van der Waals surface area contributed by atoms with Crippen LogP contribution in [0.5, 0.6) is 5.75 Å². The number of anilines is 1. The van der Waals surface area contributed by atoms with E-state index in [9.17, 15) is 23.2 Å². The van der Waals surface area contributed by atoms with Gasteiger partial charge in [0.2, 0.25) is 5.91 Å². The SMILES string of the molecule is NC(=O)c1ccc(Cl)cc1OCC(=O)NCC(=O)Nc1ccc(F)c(F)c1. The Kier molecular flexibility index (Phi) is 6.67. The number of halogens is 3. The zero-order valence-electron chi connectivity index (χ0n) is 13.7. The predicted molar refractivity (Wildman–Crippen MR) is 93.5 cm³/mol. The number of hydrogen-bond donors (Lipinski definition) is 3. The molecule has 0 aromatic heterocycles. The number of ether oxygens (including phenoxy) is 1. The van der Waals surface area contributed by atoms with Crippen LogP contribution in [0.15, 0.2) is 36.4 Å². The summed E-state index contributed by atoms with van der Waals surface area (Å²) in [6.45, 7) is -0.932. The molecule has 0 aliphatic carbocycles. The Labute approximate surface area is 157 Å². The van der Waals surface area contributed by atoms with Gasteiger partial charge in [0.05, 0.1) is 12.1 Å². The molecule has 2 rings (SSSR count). The third kappa shape index (κ3) is 5.93. The Balaban J connectivity index is 1.84. The van der Waals surface area contributed by atoms with Gasteiger partial charge in [0.25, 0.3) is 11.8 Å². The molecule has 2 aromatic rings. The summed E-state index contributed by atoms with van der Waals surface area (Å²) >= 11 is 5.80. The van der Waals surface area contributed by atoms with E-state index in [0.29, 0.717) is 0 Å². The van der Waals surface area contributed by atoms with Crippen molar-refractivity contribution in [2.45, 2.75) is 0 Å². The van der Waals surface area contributed by atoms with Crippen LogP contribution in [0.4, 0.5) is 14.5 Å². The fourth-order valence-electron chi connectivity index (χ4n) is 1.97. The lowest BCUT2D eigenvalue weighted by molar-refractivity contribution is -0.125. The first kappa shape index (κ1) is 20.1. The molecular formula is C17H14ClF2N3O4. The van der Waals surface area contributed by atoms with Crippen molar-refractivity contribution in [3.05, 3.63) is 58.6 Å². The molecule has 0 fully saturated rings. The van der Waals surface area contributed by atoms with Crippen molar-refractivity contribution < 1.29 is 27.9 Å². The average molecular weight is 398 g/mol. The van der Waals surface area contributed by atoms with Crippen molar-refractivity contribution in [2.24, 2.45) is 5.73 Å². The molecule has 0 unspecified atom stereocenters. The van der Waals surface area contributed by atoms with E-state index in [-0.39, 0.29) is 22.0 Å². The molecule has 0 bridgehead atoms. The molecule has 0 radical (unpaired) electrons. The van der Waals surface area contributed by atoms with Crippen LogP contribution in [0.25, 0.3) is 0 Å². The summed E-state index contributed by atoms with van der Waals surface area (Å²) in [5, 5.41) is 4.84. The maximum absolute atomic E-state index is 13.1. The van der Waals surface area contributed by atoms with E-state index in [1.807, 2.05) is 0 Å². The second-order valence-corrected chi connectivity index (χ2v) is 5.68. The van der Waals surface area contributed by atoms with Crippen LogP contribution in [-0.4, -0.2) is 30.9 Å². The number of nitrogens with one attached hydrogen (secondary N) is 2. The minimum Gasteiger partial charge on any atom is -0.483 e. The Hall–Kier alpha value is -3.20. The van der Waals surface area contributed by atoms with Gasteiger partial charge >= 0.3 is 0 Å². The zero-order chi connectivity index (χ0) is 20.0. The van der Waals surface area contributed by atoms with E-state index in [2.05, 4.69) is 10.6 Å². The summed E-state index contributed by atoms with van der Waals surface area (Å²) in [6.07, 6.45) is 0. The molecule has 7 nitrogen and oxygen atoms in total. The fourth-order valence-corrected chi connectivity index (χ4v) is 2.13. The number of nitrogens with two attached hydrogens (primary N) is 1. The van der Waals surface area contributed by atoms with Crippen LogP contribution in [0.3, 0.4) is 0 Å². The van der Waals surface area contributed by atoms with Gasteiger partial charge in [-0.05, 0) is 30.3 Å². The van der Waals surface area contributed by atoms with Crippen LogP contribution in [0.1, 0.15) is 10.4 Å². The van der Waals surface area contributed by atoms with E-state index < -0.39 is 42.5 Å². The summed E-state index contributed by atoms with van der Waals surface area (Å²) < 4.78 is 31.1. The number of carbonyl (C=O) groups excluding carboxylic acids is 3. The van der Waals surface area contributed by atoms with Crippen LogP contribution < -0.4 is 21.1 Å². The fraction of sp³-hybridized carbons (Fsp3) is 0.118. The van der Waals surface area contributed by atoms with Gasteiger partial charge in [-0.1, -0.05) is 11.6 Å². The minimum atomic E-state index is -1.11. The van der Waals surface area contributed by atoms with Crippen LogP contribution >= 0.6 is 11.6 Å². The van der Waals surface area contributed by atoms with E-state index in [0.717, 1.165) is 12.1 Å². The Morgan fingerprint density at radius 1 is 1.04 bits per heavy atom. The largest absolute Gasteiger partial charge is 0.483 e. The third-order valence-corrected chi connectivity index (χ3v) is 3.45. The normalized spacial score (nSPS) is 10.2. The molecule has 27 heavy (non-hydrogen) atoms. The van der Waals surface area contributed by atoms with Crippen molar-refractivity contribution in [2.75, 3.05) is 18.5 Å². The van der Waals surface area contributed by atoms with E-state index in [1.165, 1.54) is 24.3 Å². The third-order valence-electron chi connectivity index (χ3n) is 3.22. The van der Waals surface area contributed by atoms with E-state index >= 15 is 0 Å². The first-order valence-electron chi connectivity index (χ1n) is 7.50. The highest BCUT2D eigenvalue weighted by Crippen LogP contribution is 2.23. The monoisotopic (exact) mass is 397 g/mol. The zero-order valence-corrected chi connectivity index (χ0v) is 14.5. The lowest BCUT2D eigenvalue weighted by atomic mass is 10.2. The Morgan fingerprint density at radius 2 is 1.78 bits per heavy atom. The molecule has 2 aromatic carbocycles.